The van der Waals surface area contributed by atoms with E-state index >= 15 is 0 Å². The fourth-order valence-corrected chi connectivity index (χ4v) is 3.26. The summed E-state index contributed by atoms with van der Waals surface area (Å²) in [6.45, 7) is 2.36. The summed E-state index contributed by atoms with van der Waals surface area (Å²) in [5.74, 6) is 0.0236. The zero-order valence-corrected chi connectivity index (χ0v) is 13.3. The zero-order valence-electron chi connectivity index (χ0n) is 12.5. The van der Waals surface area contributed by atoms with Crippen molar-refractivity contribution in [2.24, 2.45) is 0 Å². The summed E-state index contributed by atoms with van der Waals surface area (Å²) in [7, 11) is 0. The van der Waals surface area contributed by atoms with Crippen LogP contribution in [0.25, 0.3) is 10.4 Å². The van der Waals surface area contributed by atoms with E-state index < -0.39 is 0 Å². The number of nitrogens with zero attached hydrogens (tertiary/aromatic N) is 1. The van der Waals surface area contributed by atoms with Gasteiger partial charge in [0.2, 0.25) is 0 Å². The quantitative estimate of drug-likeness (QED) is 0.536. The van der Waals surface area contributed by atoms with Gasteiger partial charge in [-0.1, -0.05) is 0 Å². The van der Waals surface area contributed by atoms with Crippen LogP contribution in [-0.4, -0.2) is 42.3 Å². The van der Waals surface area contributed by atoms with Crippen LogP contribution in [0.2, 0.25) is 0 Å². The Morgan fingerprint density at radius 2 is 1.91 bits per heavy atom. The van der Waals surface area contributed by atoms with E-state index in [4.69, 9.17) is 5.73 Å². The predicted octanol–water partition coefficient (Wildman–Crippen LogP) is 1.99. The van der Waals surface area contributed by atoms with Crippen LogP contribution in [0, 0.1) is 0 Å². The third-order valence-corrected chi connectivity index (χ3v) is 4.34. The fourth-order valence-electron chi connectivity index (χ4n) is 2.28. The van der Waals surface area contributed by atoms with Crippen molar-refractivity contribution in [3.8, 4) is 10.4 Å². The van der Waals surface area contributed by atoms with Crippen molar-refractivity contribution in [1.29, 1.82) is 0 Å². The van der Waals surface area contributed by atoms with Gasteiger partial charge in [0.25, 0.3) is 0 Å². The number of aliphatic hydroxyl groups is 2. The molecule has 0 atom stereocenters. The number of carbonyl (C=O) groups is 1. The summed E-state index contributed by atoms with van der Waals surface area (Å²) in [4.78, 5) is 14.3. The zero-order chi connectivity index (χ0) is 16.1. The number of ketones is 1. The lowest BCUT2D eigenvalue weighted by Gasteiger charge is -2.25. The number of nitrogen functional groups attached to an aromatic ring is 1. The van der Waals surface area contributed by atoms with Crippen LogP contribution in [-0.2, 0) is 0 Å². The Morgan fingerprint density at radius 1 is 1.23 bits per heavy atom. The molecule has 5 nitrogen and oxygen atoms in total. The molecule has 0 unspecified atom stereocenters. The summed E-state index contributed by atoms with van der Waals surface area (Å²) in [5.41, 5.74) is 8.99. The second-order valence-electron chi connectivity index (χ2n) is 4.97. The predicted molar refractivity (Wildman–Crippen MR) is 90.6 cm³/mol. The summed E-state index contributed by atoms with van der Waals surface area (Å²) < 4.78 is 0. The van der Waals surface area contributed by atoms with Crippen molar-refractivity contribution < 1.29 is 15.0 Å². The Balaban J connectivity index is 2.48. The second kappa shape index (κ2) is 7.40. The van der Waals surface area contributed by atoms with Crippen LogP contribution in [0.3, 0.4) is 0 Å². The van der Waals surface area contributed by atoms with Gasteiger partial charge >= 0.3 is 0 Å². The van der Waals surface area contributed by atoms with E-state index in [0.29, 0.717) is 24.3 Å². The van der Waals surface area contributed by atoms with Crippen molar-refractivity contribution in [1.82, 2.24) is 0 Å². The van der Waals surface area contributed by atoms with Gasteiger partial charge in [-0.05, 0) is 31.2 Å². The van der Waals surface area contributed by atoms with E-state index in [1.54, 1.807) is 6.07 Å². The van der Waals surface area contributed by atoms with Gasteiger partial charge in [0, 0.05) is 45.8 Å². The van der Waals surface area contributed by atoms with Gasteiger partial charge < -0.3 is 20.8 Å². The van der Waals surface area contributed by atoms with E-state index in [0.717, 1.165) is 16.1 Å². The molecule has 4 N–H and O–H groups in total. The normalized spacial score (nSPS) is 10.7. The Morgan fingerprint density at radius 3 is 2.45 bits per heavy atom. The Labute approximate surface area is 133 Å². The highest BCUT2D eigenvalue weighted by Crippen LogP contribution is 2.36. The lowest BCUT2D eigenvalue weighted by molar-refractivity contribution is 0.101. The molecule has 118 valence electrons. The lowest BCUT2D eigenvalue weighted by Crippen LogP contribution is -2.30. The highest BCUT2D eigenvalue weighted by atomic mass is 32.1. The monoisotopic (exact) mass is 320 g/mol. The van der Waals surface area contributed by atoms with E-state index in [1.165, 1.54) is 18.3 Å². The molecule has 0 aliphatic rings. The smallest absolute Gasteiger partial charge is 0.160 e. The Hall–Kier alpha value is -1.89. The van der Waals surface area contributed by atoms with Crippen LogP contribution in [0.5, 0.6) is 0 Å². The van der Waals surface area contributed by atoms with Crippen molar-refractivity contribution in [3.63, 3.8) is 0 Å². The summed E-state index contributed by atoms with van der Waals surface area (Å²) in [6.07, 6.45) is 0. The molecular formula is C16H20N2O3S. The van der Waals surface area contributed by atoms with Crippen LogP contribution in [0.4, 0.5) is 11.4 Å². The lowest BCUT2D eigenvalue weighted by atomic mass is 10.1. The fraction of sp³-hybridized carbons (Fsp3) is 0.312. The van der Waals surface area contributed by atoms with Crippen LogP contribution in [0.1, 0.15) is 17.3 Å². The van der Waals surface area contributed by atoms with Gasteiger partial charge in [-0.25, -0.2) is 0 Å². The van der Waals surface area contributed by atoms with Gasteiger partial charge in [-0.15, -0.1) is 11.3 Å². The average Bonchev–Trinajstić information content (AvgIpc) is 2.97. The molecule has 0 aliphatic heterocycles. The molecule has 1 heterocycles. The largest absolute Gasteiger partial charge is 0.399 e. The Kier molecular flexibility index (Phi) is 5.54. The highest BCUT2D eigenvalue weighted by Gasteiger charge is 2.15. The summed E-state index contributed by atoms with van der Waals surface area (Å²) in [5, 5.41) is 20.3. The number of hydrogen-bond acceptors (Lipinski definition) is 6. The number of thiophene rings is 1. The molecule has 0 saturated heterocycles. The minimum atomic E-state index is -0.00699. The number of nitrogens with two attached hydrogens (primary N) is 1. The first-order valence-electron chi connectivity index (χ1n) is 7.03. The molecule has 0 bridgehead atoms. The standard InChI is InChI=1S/C16H20N2O3S/c1-11(21)12-8-16(22-10-12)14-9-13(17)2-3-15(14)18(4-6-19)5-7-20/h2-3,8-10,19-20H,4-7,17H2,1H3. The number of benzene rings is 1. The number of carbonyl (C=O) groups excluding carboxylic acids is 1. The molecule has 22 heavy (non-hydrogen) atoms. The second-order valence-corrected chi connectivity index (χ2v) is 5.88. The minimum absolute atomic E-state index is 0.00699. The molecule has 6 heteroatoms. The van der Waals surface area contributed by atoms with Crippen LogP contribution >= 0.6 is 11.3 Å². The molecule has 0 radical (unpaired) electrons. The third-order valence-electron chi connectivity index (χ3n) is 3.37. The average molecular weight is 320 g/mol. The van der Waals surface area contributed by atoms with Gasteiger partial charge in [0.1, 0.15) is 0 Å². The van der Waals surface area contributed by atoms with Crippen LogP contribution in [0.15, 0.2) is 29.6 Å². The first-order valence-corrected chi connectivity index (χ1v) is 7.90. The molecular weight excluding hydrogens is 300 g/mol. The maximum atomic E-state index is 11.5. The molecule has 1 aromatic carbocycles. The molecule has 0 spiro atoms. The van der Waals surface area contributed by atoms with Crippen molar-refractivity contribution in [3.05, 3.63) is 35.2 Å². The van der Waals surface area contributed by atoms with E-state index in [1.807, 2.05) is 28.5 Å². The van der Waals surface area contributed by atoms with Gasteiger partial charge in [0.15, 0.2) is 5.78 Å². The first kappa shape index (κ1) is 16.5. The number of rotatable bonds is 7. The molecule has 0 saturated carbocycles. The van der Waals surface area contributed by atoms with Crippen molar-refractivity contribution in [2.45, 2.75) is 6.92 Å². The molecule has 1 aromatic heterocycles. The first-order chi connectivity index (χ1) is 10.6. The third kappa shape index (κ3) is 3.65. The van der Waals surface area contributed by atoms with Crippen molar-refractivity contribution in [2.75, 3.05) is 36.9 Å². The maximum Gasteiger partial charge on any atom is 0.160 e. The van der Waals surface area contributed by atoms with E-state index in [9.17, 15) is 15.0 Å². The number of anilines is 2. The van der Waals surface area contributed by atoms with Gasteiger partial charge in [-0.2, -0.15) is 0 Å². The molecule has 0 amide bonds. The number of Topliss-reactive ketones (excluding diaryl/α,β-unsaturated/α-hetero) is 1. The van der Waals surface area contributed by atoms with Crippen molar-refractivity contribution >= 4 is 28.5 Å². The molecule has 0 fully saturated rings. The summed E-state index contributed by atoms with van der Waals surface area (Å²) >= 11 is 1.48. The maximum absolute atomic E-state index is 11.5. The van der Waals surface area contributed by atoms with E-state index in [-0.39, 0.29) is 19.0 Å². The van der Waals surface area contributed by atoms with Crippen LogP contribution < -0.4 is 10.6 Å². The topological polar surface area (TPSA) is 86.8 Å². The highest BCUT2D eigenvalue weighted by molar-refractivity contribution is 7.14. The van der Waals surface area contributed by atoms with E-state index in [2.05, 4.69) is 0 Å². The van der Waals surface area contributed by atoms with Gasteiger partial charge in [-0.3, -0.25) is 4.79 Å². The summed E-state index contributed by atoms with van der Waals surface area (Å²) in [6, 6.07) is 7.37. The Bertz CT molecular complexity index is 649. The molecule has 0 aliphatic carbocycles. The van der Waals surface area contributed by atoms with Gasteiger partial charge in [0.05, 0.1) is 13.2 Å². The minimum Gasteiger partial charge on any atom is -0.399 e. The molecule has 2 aromatic rings. The number of aliphatic hydroxyl groups excluding tert-OH is 2. The number of hydrogen-bond donors (Lipinski definition) is 3. The SMILES string of the molecule is CC(=O)c1csc(-c2cc(N)ccc2N(CCO)CCO)c1. The molecule has 2 rings (SSSR count).